The van der Waals surface area contributed by atoms with E-state index in [4.69, 9.17) is 0 Å². The molecule has 2 aromatic heterocycles. The molecule has 6 heteroatoms. The summed E-state index contributed by atoms with van der Waals surface area (Å²) in [5.74, 6) is 0. The summed E-state index contributed by atoms with van der Waals surface area (Å²) in [6.07, 6.45) is 0.790. The standard InChI is InChI=1S/C5H6N6/c1-2-3-4-5(8-10-6-3)9-11-7-4/h2H2,1H3,(H,6,7,8,9,11). The lowest BCUT2D eigenvalue weighted by atomic mass is 10.3. The minimum Gasteiger partial charge on any atom is -0.195 e. The van der Waals surface area contributed by atoms with Crippen LogP contribution in [-0.4, -0.2) is 30.8 Å². The molecule has 2 heterocycles. The Bertz CT molecular complexity index is 366. The van der Waals surface area contributed by atoms with Crippen LogP contribution < -0.4 is 0 Å². The molecule has 0 saturated carbocycles. The van der Waals surface area contributed by atoms with Crippen LogP contribution >= 0.6 is 0 Å². The van der Waals surface area contributed by atoms with Crippen LogP contribution in [0.15, 0.2) is 0 Å². The summed E-state index contributed by atoms with van der Waals surface area (Å²) < 4.78 is 0. The van der Waals surface area contributed by atoms with Gasteiger partial charge in [0.2, 0.25) is 5.65 Å². The van der Waals surface area contributed by atoms with Gasteiger partial charge in [-0.3, -0.25) is 0 Å². The van der Waals surface area contributed by atoms with Gasteiger partial charge in [-0.2, -0.15) is 10.3 Å². The SMILES string of the molecule is CCc1nnnc2n[nH]nc12. The first-order valence-corrected chi connectivity index (χ1v) is 3.30. The summed E-state index contributed by atoms with van der Waals surface area (Å²) >= 11 is 0. The molecule has 0 spiro atoms. The van der Waals surface area contributed by atoms with Gasteiger partial charge in [0.25, 0.3) is 0 Å². The van der Waals surface area contributed by atoms with Crippen molar-refractivity contribution in [3.8, 4) is 0 Å². The second-order valence-corrected chi connectivity index (χ2v) is 2.09. The molecular formula is C5H6N6. The maximum absolute atomic E-state index is 3.89. The molecular weight excluding hydrogens is 144 g/mol. The Hall–Kier alpha value is -1.59. The number of nitrogens with zero attached hydrogens (tertiary/aromatic N) is 5. The Morgan fingerprint density at radius 2 is 2.18 bits per heavy atom. The van der Waals surface area contributed by atoms with Gasteiger partial charge < -0.3 is 0 Å². The molecule has 6 nitrogen and oxygen atoms in total. The zero-order chi connectivity index (χ0) is 7.68. The lowest BCUT2D eigenvalue weighted by molar-refractivity contribution is 0.836. The van der Waals surface area contributed by atoms with Crippen molar-refractivity contribution in [1.82, 2.24) is 30.8 Å². The maximum atomic E-state index is 3.89. The fourth-order valence-electron chi connectivity index (χ4n) is 0.893. The van der Waals surface area contributed by atoms with E-state index >= 15 is 0 Å². The van der Waals surface area contributed by atoms with E-state index in [1.807, 2.05) is 6.92 Å². The third-order valence-corrected chi connectivity index (χ3v) is 1.44. The Balaban J connectivity index is 2.79. The third kappa shape index (κ3) is 0.830. The van der Waals surface area contributed by atoms with Crippen LogP contribution in [0, 0.1) is 0 Å². The number of nitrogens with one attached hydrogen (secondary N) is 1. The van der Waals surface area contributed by atoms with Crippen LogP contribution in [-0.2, 0) is 6.42 Å². The highest BCUT2D eigenvalue weighted by atomic mass is 15.4. The number of aromatic nitrogens is 6. The second kappa shape index (κ2) is 2.22. The van der Waals surface area contributed by atoms with Gasteiger partial charge in [0, 0.05) is 0 Å². The topological polar surface area (TPSA) is 80.2 Å². The fraction of sp³-hybridized carbons (Fsp3) is 0.400. The van der Waals surface area contributed by atoms with Crippen LogP contribution in [0.5, 0.6) is 0 Å². The number of hydrogen-bond acceptors (Lipinski definition) is 5. The molecule has 2 rings (SSSR count). The number of aromatic amines is 1. The highest BCUT2D eigenvalue weighted by Crippen LogP contribution is 2.05. The molecule has 0 atom stereocenters. The number of hydrogen-bond donors (Lipinski definition) is 1. The lowest BCUT2D eigenvalue weighted by Gasteiger charge is -1.89. The highest BCUT2D eigenvalue weighted by molar-refractivity contribution is 5.70. The molecule has 0 aliphatic heterocycles. The summed E-state index contributed by atoms with van der Waals surface area (Å²) in [5, 5.41) is 21.2. The minimum absolute atomic E-state index is 0.525. The molecule has 1 N–H and O–H groups in total. The van der Waals surface area contributed by atoms with E-state index < -0.39 is 0 Å². The van der Waals surface area contributed by atoms with Crippen LogP contribution in [0.3, 0.4) is 0 Å². The smallest absolute Gasteiger partial charge is 0.195 e. The van der Waals surface area contributed by atoms with Crippen molar-refractivity contribution in [1.29, 1.82) is 0 Å². The number of fused-ring (bicyclic) bond motifs is 1. The molecule has 0 fully saturated rings. The number of H-pyrrole nitrogens is 1. The Morgan fingerprint density at radius 3 is 3.00 bits per heavy atom. The Kier molecular flexibility index (Phi) is 1.24. The molecule has 0 radical (unpaired) electrons. The van der Waals surface area contributed by atoms with Gasteiger partial charge in [0.15, 0.2) is 5.52 Å². The average Bonchev–Trinajstić information content (AvgIpc) is 2.50. The van der Waals surface area contributed by atoms with Crippen molar-refractivity contribution in [2.75, 3.05) is 0 Å². The predicted molar refractivity (Wildman–Crippen MR) is 36.7 cm³/mol. The second-order valence-electron chi connectivity index (χ2n) is 2.09. The first-order chi connectivity index (χ1) is 5.42. The van der Waals surface area contributed by atoms with Crippen LogP contribution in [0.25, 0.3) is 11.2 Å². The summed E-state index contributed by atoms with van der Waals surface area (Å²) in [6, 6.07) is 0. The first kappa shape index (κ1) is 6.14. The Labute approximate surface area is 62.0 Å². The highest BCUT2D eigenvalue weighted by Gasteiger charge is 2.05. The zero-order valence-corrected chi connectivity index (χ0v) is 5.94. The molecule has 0 aliphatic rings. The van der Waals surface area contributed by atoms with E-state index in [9.17, 15) is 0 Å². The Morgan fingerprint density at radius 1 is 1.27 bits per heavy atom. The van der Waals surface area contributed by atoms with E-state index in [-0.39, 0.29) is 0 Å². The van der Waals surface area contributed by atoms with Gasteiger partial charge in [0.1, 0.15) is 0 Å². The minimum atomic E-state index is 0.525. The molecule has 0 unspecified atom stereocenters. The zero-order valence-electron chi connectivity index (χ0n) is 5.94. The van der Waals surface area contributed by atoms with E-state index in [1.165, 1.54) is 0 Å². The van der Waals surface area contributed by atoms with Crippen LogP contribution in [0.2, 0.25) is 0 Å². The van der Waals surface area contributed by atoms with E-state index in [0.717, 1.165) is 12.1 Å². The molecule has 0 amide bonds. The molecule has 0 saturated heterocycles. The van der Waals surface area contributed by atoms with E-state index in [1.54, 1.807) is 0 Å². The van der Waals surface area contributed by atoms with Gasteiger partial charge >= 0.3 is 0 Å². The number of rotatable bonds is 1. The van der Waals surface area contributed by atoms with E-state index in [0.29, 0.717) is 11.2 Å². The first-order valence-electron chi connectivity index (χ1n) is 3.30. The molecule has 0 aliphatic carbocycles. The van der Waals surface area contributed by atoms with Crippen molar-refractivity contribution >= 4 is 11.2 Å². The average molecular weight is 150 g/mol. The molecule has 2 aromatic rings. The molecule has 0 bridgehead atoms. The summed E-state index contributed by atoms with van der Waals surface area (Å²) in [5.41, 5.74) is 2.06. The summed E-state index contributed by atoms with van der Waals surface area (Å²) in [6.45, 7) is 1.98. The van der Waals surface area contributed by atoms with Gasteiger partial charge in [-0.25, -0.2) is 0 Å². The number of aryl methyl sites for hydroxylation is 1. The van der Waals surface area contributed by atoms with Crippen molar-refractivity contribution in [3.63, 3.8) is 0 Å². The molecule has 0 aromatic carbocycles. The quantitative estimate of drug-likeness (QED) is 0.603. The normalized spacial score (nSPS) is 10.6. The van der Waals surface area contributed by atoms with Gasteiger partial charge in [-0.05, 0) is 11.6 Å². The summed E-state index contributed by atoms with van der Waals surface area (Å²) in [7, 11) is 0. The molecule has 11 heavy (non-hydrogen) atoms. The van der Waals surface area contributed by atoms with Crippen LogP contribution in [0.1, 0.15) is 12.6 Å². The molecule has 56 valence electrons. The van der Waals surface area contributed by atoms with E-state index in [2.05, 4.69) is 30.8 Å². The van der Waals surface area contributed by atoms with Crippen molar-refractivity contribution in [3.05, 3.63) is 5.69 Å². The lowest BCUT2D eigenvalue weighted by Crippen LogP contribution is -1.95. The third-order valence-electron chi connectivity index (χ3n) is 1.44. The predicted octanol–water partition coefficient (Wildman–Crippen LogP) is -0.295. The van der Waals surface area contributed by atoms with Gasteiger partial charge in [0.05, 0.1) is 5.69 Å². The van der Waals surface area contributed by atoms with Gasteiger partial charge in [-0.1, -0.05) is 6.92 Å². The van der Waals surface area contributed by atoms with Crippen molar-refractivity contribution < 1.29 is 0 Å². The largest absolute Gasteiger partial charge is 0.226 e. The van der Waals surface area contributed by atoms with Gasteiger partial charge in [-0.15, -0.1) is 15.3 Å². The van der Waals surface area contributed by atoms with Crippen molar-refractivity contribution in [2.45, 2.75) is 13.3 Å². The monoisotopic (exact) mass is 150 g/mol. The van der Waals surface area contributed by atoms with Crippen molar-refractivity contribution in [2.24, 2.45) is 0 Å². The maximum Gasteiger partial charge on any atom is 0.226 e. The summed E-state index contributed by atoms with van der Waals surface area (Å²) in [4.78, 5) is 0. The fourth-order valence-corrected chi connectivity index (χ4v) is 0.893. The van der Waals surface area contributed by atoms with Crippen LogP contribution in [0.4, 0.5) is 0 Å².